The topological polar surface area (TPSA) is 58.5 Å². The normalized spacial score (nSPS) is 10.8. The van der Waals surface area contributed by atoms with Crippen molar-refractivity contribution < 1.29 is 0 Å². The van der Waals surface area contributed by atoms with E-state index in [1.807, 2.05) is 42.8 Å². The second kappa shape index (κ2) is 5.61. The van der Waals surface area contributed by atoms with Gasteiger partial charge in [0, 0.05) is 30.2 Å². The number of aromatic nitrogens is 4. The molecule has 0 aliphatic carbocycles. The number of rotatable bonds is 4. The Hall–Kier alpha value is -2.27. The Kier molecular flexibility index (Phi) is 3.66. The fourth-order valence-electron chi connectivity index (χ4n) is 2.33. The molecule has 0 atom stereocenters. The highest BCUT2D eigenvalue weighted by molar-refractivity contribution is 6.33. The molecule has 5 nitrogen and oxygen atoms in total. The third kappa shape index (κ3) is 2.64. The van der Waals surface area contributed by atoms with Crippen LogP contribution in [0.3, 0.4) is 0 Å². The zero-order chi connectivity index (χ0) is 14.8. The second-order valence-corrected chi connectivity index (χ2v) is 5.28. The first-order chi connectivity index (χ1) is 10.2. The third-order valence-corrected chi connectivity index (χ3v) is 3.79. The number of H-pyrrole nitrogens is 1. The number of para-hydroxylation sites is 1. The number of hydrogen-bond acceptors (Lipinski definition) is 3. The Labute approximate surface area is 128 Å². The number of benzene rings is 1. The molecule has 0 unspecified atom stereocenters. The van der Waals surface area contributed by atoms with Crippen LogP contribution in [-0.4, -0.2) is 19.7 Å². The molecular weight excluding hydrogens is 286 g/mol. The fourth-order valence-corrected chi connectivity index (χ4v) is 2.60. The lowest BCUT2D eigenvalue weighted by Crippen LogP contribution is -2.05. The number of nitrogens with zero attached hydrogens (tertiary/aromatic N) is 3. The monoisotopic (exact) mass is 301 g/mol. The molecule has 0 saturated carbocycles. The van der Waals surface area contributed by atoms with Crippen molar-refractivity contribution in [3.05, 3.63) is 58.9 Å². The van der Waals surface area contributed by atoms with Crippen molar-refractivity contribution in [2.75, 3.05) is 5.32 Å². The van der Waals surface area contributed by atoms with Crippen molar-refractivity contribution >= 4 is 17.3 Å². The Morgan fingerprint density at radius 3 is 2.86 bits per heavy atom. The molecule has 0 fully saturated rings. The number of hydrogen-bond donors (Lipinski definition) is 2. The number of halogens is 1. The average Bonchev–Trinajstić information content (AvgIpc) is 3.08. The van der Waals surface area contributed by atoms with Crippen molar-refractivity contribution in [3.8, 4) is 5.69 Å². The van der Waals surface area contributed by atoms with Crippen molar-refractivity contribution in [2.45, 2.75) is 20.4 Å². The molecule has 0 bridgehead atoms. The number of aromatic amines is 1. The van der Waals surface area contributed by atoms with E-state index < -0.39 is 0 Å². The van der Waals surface area contributed by atoms with Crippen molar-refractivity contribution in [2.24, 2.45) is 0 Å². The molecule has 3 aromatic rings. The lowest BCUT2D eigenvalue weighted by Gasteiger charge is -2.14. The van der Waals surface area contributed by atoms with Gasteiger partial charge in [-0.1, -0.05) is 17.7 Å². The van der Waals surface area contributed by atoms with Crippen LogP contribution in [0.2, 0.25) is 5.02 Å². The summed E-state index contributed by atoms with van der Waals surface area (Å²) in [5.74, 6) is 0. The van der Waals surface area contributed by atoms with E-state index in [1.54, 1.807) is 12.5 Å². The predicted octanol–water partition coefficient (Wildman–Crippen LogP) is 3.48. The maximum absolute atomic E-state index is 6.34. The maximum Gasteiger partial charge on any atom is 0.0992 e. The summed E-state index contributed by atoms with van der Waals surface area (Å²) in [5, 5.41) is 11.3. The first-order valence-corrected chi connectivity index (χ1v) is 7.06. The van der Waals surface area contributed by atoms with Gasteiger partial charge in [-0.2, -0.15) is 5.10 Å². The van der Waals surface area contributed by atoms with E-state index in [0.717, 1.165) is 22.8 Å². The van der Waals surface area contributed by atoms with Crippen LogP contribution >= 0.6 is 11.6 Å². The van der Waals surface area contributed by atoms with Gasteiger partial charge in [-0.15, -0.1) is 0 Å². The zero-order valence-electron chi connectivity index (χ0n) is 11.9. The van der Waals surface area contributed by atoms with Gasteiger partial charge in [-0.3, -0.25) is 5.10 Å². The predicted molar refractivity (Wildman–Crippen MR) is 84.0 cm³/mol. The zero-order valence-corrected chi connectivity index (χ0v) is 12.6. The molecule has 0 amide bonds. The van der Waals surface area contributed by atoms with Crippen LogP contribution in [0.5, 0.6) is 0 Å². The van der Waals surface area contributed by atoms with E-state index in [0.29, 0.717) is 11.6 Å². The van der Waals surface area contributed by atoms with Gasteiger partial charge in [0.05, 0.1) is 28.4 Å². The smallest absolute Gasteiger partial charge is 0.0992 e. The van der Waals surface area contributed by atoms with Gasteiger partial charge in [-0.25, -0.2) is 4.98 Å². The molecule has 2 heterocycles. The molecule has 0 aliphatic rings. The molecule has 3 rings (SSSR count). The molecule has 2 aromatic heterocycles. The van der Waals surface area contributed by atoms with Crippen LogP contribution < -0.4 is 5.32 Å². The van der Waals surface area contributed by atoms with Gasteiger partial charge >= 0.3 is 0 Å². The van der Waals surface area contributed by atoms with Gasteiger partial charge in [-0.05, 0) is 26.0 Å². The first kappa shape index (κ1) is 13.7. The van der Waals surface area contributed by atoms with E-state index in [1.165, 1.54) is 5.56 Å². The first-order valence-electron chi connectivity index (χ1n) is 6.68. The van der Waals surface area contributed by atoms with Gasteiger partial charge in [0.25, 0.3) is 0 Å². The standard InChI is InChI=1S/C15H16ClN5/c1-10-12(11(2)20-19-10)8-18-14-5-3-4-13(16)15(14)21-7-6-17-9-21/h3-7,9,18H,8H2,1-2H3,(H,19,20). The number of nitrogens with one attached hydrogen (secondary N) is 2. The quantitative estimate of drug-likeness (QED) is 0.775. The molecule has 21 heavy (non-hydrogen) atoms. The summed E-state index contributed by atoms with van der Waals surface area (Å²) in [6, 6.07) is 5.81. The van der Waals surface area contributed by atoms with E-state index in [2.05, 4.69) is 20.5 Å². The summed E-state index contributed by atoms with van der Waals surface area (Å²) >= 11 is 6.34. The molecule has 6 heteroatoms. The Morgan fingerprint density at radius 2 is 2.19 bits per heavy atom. The van der Waals surface area contributed by atoms with Crippen LogP contribution in [0.4, 0.5) is 5.69 Å². The van der Waals surface area contributed by atoms with Crippen LogP contribution in [0.1, 0.15) is 17.0 Å². The lowest BCUT2D eigenvalue weighted by atomic mass is 10.2. The number of aryl methyl sites for hydroxylation is 2. The summed E-state index contributed by atoms with van der Waals surface area (Å²) in [6.45, 7) is 4.71. The SMILES string of the molecule is Cc1n[nH]c(C)c1CNc1cccc(Cl)c1-n1ccnc1. The minimum atomic E-state index is 0.679. The fraction of sp³-hybridized carbons (Fsp3) is 0.200. The van der Waals surface area contributed by atoms with E-state index in [9.17, 15) is 0 Å². The second-order valence-electron chi connectivity index (χ2n) is 4.87. The van der Waals surface area contributed by atoms with Crippen molar-refractivity contribution in [3.63, 3.8) is 0 Å². The molecule has 0 radical (unpaired) electrons. The average molecular weight is 302 g/mol. The summed E-state index contributed by atoms with van der Waals surface area (Å²) in [6.07, 6.45) is 5.35. The van der Waals surface area contributed by atoms with Gasteiger partial charge < -0.3 is 9.88 Å². The molecule has 1 aromatic carbocycles. The minimum absolute atomic E-state index is 0.679. The Bertz CT molecular complexity index is 726. The molecule has 0 saturated heterocycles. The Balaban J connectivity index is 1.91. The highest BCUT2D eigenvalue weighted by Gasteiger charge is 2.11. The molecule has 108 valence electrons. The third-order valence-electron chi connectivity index (χ3n) is 3.49. The number of imidazole rings is 1. The molecular formula is C15H16ClN5. The van der Waals surface area contributed by atoms with E-state index in [4.69, 9.17) is 11.6 Å². The van der Waals surface area contributed by atoms with Gasteiger partial charge in [0.1, 0.15) is 0 Å². The largest absolute Gasteiger partial charge is 0.379 e. The highest BCUT2D eigenvalue weighted by Crippen LogP contribution is 2.29. The van der Waals surface area contributed by atoms with Crippen molar-refractivity contribution in [1.82, 2.24) is 19.7 Å². The molecule has 0 spiro atoms. The van der Waals surface area contributed by atoms with Crippen LogP contribution in [0.25, 0.3) is 5.69 Å². The van der Waals surface area contributed by atoms with Crippen molar-refractivity contribution in [1.29, 1.82) is 0 Å². The lowest BCUT2D eigenvalue weighted by molar-refractivity contribution is 1.02. The highest BCUT2D eigenvalue weighted by atomic mass is 35.5. The number of anilines is 1. The summed E-state index contributed by atoms with van der Waals surface area (Å²) < 4.78 is 1.90. The van der Waals surface area contributed by atoms with Crippen LogP contribution in [0, 0.1) is 13.8 Å². The van der Waals surface area contributed by atoms with Crippen LogP contribution in [-0.2, 0) is 6.54 Å². The Morgan fingerprint density at radius 1 is 1.33 bits per heavy atom. The molecule has 0 aliphatic heterocycles. The summed E-state index contributed by atoms with van der Waals surface area (Å²) in [7, 11) is 0. The van der Waals surface area contributed by atoms with E-state index in [-0.39, 0.29) is 0 Å². The summed E-state index contributed by atoms with van der Waals surface area (Å²) in [4.78, 5) is 4.08. The van der Waals surface area contributed by atoms with Gasteiger partial charge in [0.15, 0.2) is 0 Å². The van der Waals surface area contributed by atoms with Crippen LogP contribution in [0.15, 0.2) is 36.9 Å². The summed E-state index contributed by atoms with van der Waals surface area (Å²) in [5.41, 5.74) is 5.11. The molecule has 2 N–H and O–H groups in total. The minimum Gasteiger partial charge on any atom is -0.379 e. The maximum atomic E-state index is 6.34. The van der Waals surface area contributed by atoms with Gasteiger partial charge in [0.2, 0.25) is 0 Å². The van der Waals surface area contributed by atoms with E-state index >= 15 is 0 Å².